The van der Waals surface area contributed by atoms with E-state index in [1.165, 1.54) is 0 Å². The van der Waals surface area contributed by atoms with Crippen molar-refractivity contribution in [3.63, 3.8) is 0 Å². The van der Waals surface area contributed by atoms with E-state index in [9.17, 15) is 0 Å². The minimum absolute atomic E-state index is 0.477. The molecule has 0 aliphatic heterocycles. The quantitative estimate of drug-likeness (QED) is 0.907. The predicted octanol–water partition coefficient (Wildman–Crippen LogP) is 3.73. The Hall–Kier alpha value is -1.59. The van der Waals surface area contributed by atoms with Crippen LogP contribution in [0.1, 0.15) is 13.8 Å². The summed E-state index contributed by atoms with van der Waals surface area (Å²) in [4.78, 5) is 15.4. The normalized spacial score (nSPS) is 10.5. The highest BCUT2D eigenvalue weighted by Gasteiger charge is 2.12. The molecule has 0 amide bonds. The Morgan fingerprint density at radius 1 is 1.05 bits per heavy atom. The highest BCUT2D eigenvalue weighted by molar-refractivity contribution is 6.42. The molecule has 1 aromatic carbocycles. The van der Waals surface area contributed by atoms with E-state index in [0.717, 1.165) is 18.7 Å². The maximum atomic E-state index is 6.07. The Morgan fingerprint density at radius 3 is 2.33 bits per heavy atom. The Bertz CT molecular complexity index is 629. The molecule has 5 nitrogen and oxygen atoms in total. The average molecular weight is 326 g/mol. The molecule has 0 saturated heterocycles. The van der Waals surface area contributed by atoms with Gasteiger partial charge in [0.25, 0.3) is 0 Å². The number of halogens is 2. The summed E-state index contributed by atoms with van der Waals surface area (Å²) in [5.74, 6) is 1.73. The smallest absolute Gasteiger partial charge is 0.230 e. The summed E-state index contributed by atoms with van der Waals surface area (Å²) >= 11 is 12.0. The number of rotatable bonds is 5. The molecule has 0 fully saturated rings. The van der Waals surface area contributed by atoms with Gasteiger partial charge in [0.2, 0.25) is 11.9 Å². The monoisotopic (exact) mass is 325 g/mol. The van der Waals surface area contributed by atoms with Crippen molar-refractivity contribution in [2.45, 2.75) is 13.8 Å². The topological polar surface area (TPSA) is 53.9 Å². The van der Waals surface area contributed by atoms with Gasteiger partial charge in [0.15, 0.2) is 5.82 Å². The van der Waals surface area contributed by atoms with E-state index in [2.05, 4.69) is 39.0 Å². The fourth-order valence-electron chi connectivity index (χ4n) is 1.89. The largest absolute Gasteiger partial charge is 0.357 e. The lowest BCUT2D eigenvalue weighted by Crippen LogP contribution is -2.25. The summed E-state index contributed by atoms with van der Waals surface area (Å²) < 4.78 is 0. The van der Waals surface area contributed by atoms with E-state index in [-0.39, 0.29) is 0 Å². The summed E-state index contributed by atoms with van der Waals surface area (Å²) in [5, 5.41) is 3.94. The Kier molecular flexibility index (Phi) is 5.20. The number of anilines is 2. The van der Waals surface area contributed by atoms with Gasteiger partial charge in [-0.1, -0.05) is 23.2 Å². The molecule has 0 saturated carbocycles. The second kappa shape index (κ2) is 6.91. The van der Waals surface area contributed by atoms with E-state index in [0.29, 0.717) is 27.8 Å². The first kappa shape index (κ1) is 15.8. The molecule has 21 heavy (non-hydrogen) atoms. The third kappa shape index (κ3) is 3.54. The van der Waals surface area contributed by atoms with Crippen molar-refractivity contribution in [3.05, 3.63) is 28.2 Å². The van der Waals surface area contributed by atoms with Crippen LogP contribution in [-0.4, -0.2) is 35.1 Å². The highest BCUT2D eigenvalue weighted by Crippen LogP contribution is 2.27. The molecule has 1 heterocycles. The molecule has 1 N–H and O–H groups in total. The summed E-state index contributed by atoms with van der Waals surface area (Å²) in [6.45, 7) is 5.77. The molecule has 7 heteroatoms. The zero-order valence-electron chi connectivity index (χ0n) is 12.2. The average Bonchev–Trinajstić information content (AvgIpc) is 2.51. The minimum atomic E-state index is 0.477. The zero-order valence-corrected chi connectivity index (χ0v) is 13.7. The molecule has 1 aromatic heterocycles. The van der Waals surface area contributed by atoms with Gasteiger partial charge in [-0.3, -0.25) is 0 Å². The SMILES string of the molecule is CCN(CC)c1nc(NC)nc(-c2ccc(Cl)c(Cl)c2)n1. The van der Waals surface area contributed by atoms with Crippen LogP contribution in [0, 0.1) is 0 Å². The van der Waals surface area contributed by atoms with E-state index >= 15 is 0 Å². The fourth-order valence-corrected chi connectivity index (χ4v) is 2.19. The molecule has 0 radical (unpaired) electrons. The van der Waals surface area contributed by atoms with Crippen molar-refractivity contribution >= 4 is 35.1 Å². The number of aromatic nitrogens is 3. The molecular weight excluding hydrogens is 309 g/mol. The second-order valence-electron chi connectivity index (χ2n) is 4.33. The van der Waals surface area contributed by atoms with Crippen LogP contribution in [0.5, 0.6) is 0 Å². The van der Waals surface area contributed by atoms with Crippen LogP contribution >= 0.6 is 23.2 Å². The van der Waals surface area contributed by atoms with E-state index in [4.69, 9.17) is 23.2 Å². The van der Waals surface area contributed by atoms with Crippen molar-refractivity contribution in [2.75, 3.05) is 30.4 Å². The van der Waals surface area contributed by atoms with Crippen LogP contribution < -0.4 is 10.2 Å². The van der Waals surface area contributed by atoms with Gasteiger partial charge in [-0.25, -0.2) is 0 Å². The fraction of sp³-hybridized carbons (Fsp3) is 0.357. The molecular formula is C14H17Cl2N5. The molecule has 0 bridgehead atoms. The summed E-state index contributed by atoms with van der Waals surface area (Å²) in [6, 6.07) is 5.33. The third-order valence-electron chi connectivity index (χ3n) is 3.07. The van der Waals surface area contributed by atoms with Gasteiger partial charge >= 0.3 is 0 Å². The maximum absolute atomic E-state index is 6.07. The molecule has 112 valence electrons. The van der Waals surface area contributed by atoms with Crippen molar-refractivity contribution < 1.29 is 0 Å². The van der Waals surface area contributed by atoms with E-state index < -0.39 is 0 Å². The lowest BCUT2D eigenvalue weighted by atomic mass is 10.2. The van der Waals surface area contributed by atoms with Crippen LogP contribution in [0.4, 0.5) is 11.9 Å². The van der Waals surface area contributed by atoms with Crippen molar-refractivity contribution in [3.8, 4) is 11.4 Å². The van der Waals surface area contributed by atoms with E-state index in [1.807, 2.05) is 6.07 Å². The molecule has 0 aliphatic rings. The van der Waals surface area contributed by atoms with Gasteiger partial charge in [-0.15, -0.1) is 0 Å². The van der Waals surface area contributed by atoms with Crippen molar-refractivity contribution in [1.82, 2.24) is 15.0 Å². The first-order valence-electron chi connectivity index (χ1n) is 6.73. The van der Waals surface area contributed by atoms with Crippen LogP contribution in [0.3, 0.4) is 0 Å². The van der Waals surface area contributed by atoms with Crippen LogP contribution in [0.15, 0.2) is 18.2 Å². The van der Waals surface area contributed by atoms with Crippen molar-refractivity contribution in [2.24, 2.45) is 0 Å². The minimum Gasteiger partial charge on any atom is -0.357 e. The number of benzene rings is 1. The van der Waals surface area contributed by atoms with Crippen LogP contribution in [0.25, 0.3) is 11.4 Å². The number of hydrogen-bond acceptors (Lipinski definition) is 5. The molecule has 2 aromatic rings. The number of hydrogen-bond donors (Lipinski definition) is 1. The highest BCUT2D eigenvalue weighted by atomic mass is 35.5. The summed E-state index contributed by atoms with van der Waals surface area (Å²) in [5.41, 5.74) is 0.803. The Labute approximate surface area is 134 Å². The van der Waals surface area contributed by atoms with Crippen LogP contribution in [-0.2, 0) is 0 Å². The Morgan fingerprint density at radius 2 is 1.76 bits per heavy atom. The molecule has 0 aliphatic carbocycles. The number of nitrogens with zero attached hydrogens (tertiary/aromatic N) is 4. The molecule has 2 rings (SSSR count). The van der Waals surface area contributed by atoms with Gasteiger partial charge in [0, 0.05) is 25.7 Å². The first-order valence-corrected chi connectivity index (χ1v) is 7.48. The lowest BCUT2D eigenvalue weighted by molar-refractivity contribution is 0.815. The zero-order chi connectivity index (χ0) is 15.4. The lowest BCUT2D eigenvalue weighted by Gasteiger charge is -2.19. The molecule has 0 unspecified atom stereocenters. The third-order valence-corrected chi connectivity index (χ3v) is 3.81. The summed E-state index contributed by atoms with van der Waals surface area (Å²) in [7, 11) is 1.78. The predicted molar refractivity (Wildman–Crippen MR) is 88.4 cm³/mol. The van der Waals surface area contributed by atoms with Gasteiger partial charge in [-0.05, 0) is 32.0 Å². The summed E-state index contributed by atoms with van der Waals surface area (Å²) in [6.07, 6.45) is 0. The van der Waals surface area contributed by atoms with Gasteiger partial charge in [-0.2, -0.15) is 15.0 Å². The van der Waals surface area contributed by atoms with Crippen molar-refractivity contribution in [1.29, 1.82) is 0 Å². The van der Waals surface area contributed by atoms with Gasteiger partial charge < -0.3 is 10.2 Å². The standard InChI is InChI=1S/C14H17Cl2N5/c1-4-21(5-2)14-19-12(18-13(17-3)20-14)9-6-7-10(15)11(16)8-9/h6-8H,4-5H2,1-3H3,(H,17,18,19,20). The van der Waals surface area contributed by atoms with Gasteiger partial charge in [0.05, 0.1) is 10.0 Å². The van der Waals surface area contributed by atoms with Crippen LogP contribution in [0.2, 0.25) is 10.0 Å². The van der Waals surface area contributed by atoms with Gasteiger partial charge in [0.1, 0.15) is 0 Å². The maximum Gasteiger partial charge on any atom is 0.230 e. The second-order valence-corrected chi connectivity index (χ2v) is 5.15. The molecule has 0 atom stereocenters. The number of nitrogens with one attached hydrogen (secondary N) is 1. The first-order chi connectivity index (χ1) is 10.1. The molecule has 0 spiro atoms. The Balaban J connectivity index is 2.51. The van der Waals surface area contributed by atoms with E-state index in [1.54, 1.807) is 19.2 Å².